The molecule has 0 amide bonds. The minimum Gasteiger partial charge on any atom is -0.398 e. The number of hydrogen-bond acceptors (Lipinski definition) is 2. The summed E-state index contributed by atoms with van der Waals surface area (Å²) in [4.78, 5) is 4.82. The summed E-state index contributed by atoms with van der Waals surface area (Å²) in [6.45, 7) is 8.52. The fourth-order valence-electron chi connectivity index (χ4n) is 2.81. The maximum absolute atomic E-state index is 6.44. The number of aromatic nitrogens is 1. The van der Waals surface area contributed by atoms with Crippen LogP contribution in [0.2, 0.25) is 0 Å². The molecule has 1 aliphatic carbocycles. The fourth-order valence-corrected chi connectivity index (χ4v) is 2.81. The Morgan fingerprint density at radius 1 is 1.06 bits per heavy atom. The van der Waals surface area contributed by atoms with Gasteiger partial charge in [-0.2, -0.15) is 0 Å². The third-order valence-corrected chi connectivity index (χ3v) is 4.07. The lowest BCUT2D eigenvalue weighted by Crippen LogP contribution is -2.08. The SMILES string of the molecule is CC(C)=C(C)c1c(C)nc2c(c1N)CCCCC2. The van der Waals surface area contributed by atoms with Gasteiger partial charge in [-0.3, -0.25) is 4.98 Å². The second-order valence-electron chi connectivity index (χ2n) is 5.60. The molecule has 98 valence electrons. The van der Waals surface area contributed by atoms with Crippen molar-refractivity contribution in [3.05, 3.63) is 28.1 Å². The number of anilines is 1. The van der Waals surface area contributed by atoms with Gasteiger partial charge in [0.15, 0.2) is 0 Å². The van der Waals surface area contributed by atoms with Gasteiger partial charge < -0.3 is 5.73 Å². The van der Waals surface area contributed by atoms with Gasteiger partial charge in [0.2, 0.25) is 0 Å². The number of allylic oxidation sites excluding steroid dienone is 2. The zero-order chi connectivity index (χ0) is 13.3. The van der Waals surface area contributed by atoms with Gasteiger partial charge in [-0.1, -0.05) is 12.0 Å². The van der Waals surface area contributed by atoms with Gasteiger partial charge in [-0.05, 0) is 64.5 Å². The average molecular weight is 244 g/mol. The number of hydrogen-bond donors (Lipinski definition) is 1. The van der Waals surface area contributed by atoms with E-state index in [0.717, 1.165) is 24.2 Å². The monoisotopic (exact) mass is 244 g/mol. The summed E-state index contributed by atoms with van der Waals surface area (Å²) in [7, 11) is 0. The van der Waals surface area contributed by atoms with Crippen molar-refractivity contribution in [2.24, 2.45) is 0 Å². The summed E-state index contributed by atoms with van der Waals surface area (Å²) in [5.74, 6) is 0. The van der Waals surface area contributed by atoms with Crippen molar-refractivity contribution in [2.75, 3.05) is 5.73 Å². The van der Waals surface area contributed by atoms with Crippen molar-refractivity contribution in [2.45, 2.75) is 59.8 Å². The second-order valence-corrected chi connectivity index (χ2v) is 5.60. The van der Waals surface area contributed by atoms with Gasteiger partial charge >= 0.3 is 0 Å². The summed E-state index contributed by atoms with van der Waals surface area (Å²) in [6, 6.07) is 0. The van der Waals surface area contributed by atoms with E-state index in [1.807, 2.05) is 0 Å². The van der Waals surface area contributed by atoms with Crippen LogP contribution in [0.5, 0.6) is 0 Å². The molecule has 0 spiro atoms. The highest BCUT2D eigenvalue weighted by molar-refractivity contribution is 5.79. The molecule has 2 nitrogen and oxygen atoms in total. The molecule has 0 saturated carbocycles. The Bertz CT molecular complexity index is 494. The quantitative estimate of drug-likeness (QED) is 0.757. The highest BCUT2D eigenvalue weighted by Crippen LogP contribution is 2.33. The molecule has 0 saturated heterocycles. The Balaban J connectivity index is 2.63. The Hall–Kier alpha value is -1.31. The van der Waals surface area contributed by atoms with Crippen LogP contribution in [0, 0.1) is 6.92 Å². The van der Waals surface area contributed by atoms with Gasteiger partial charge in [-0.25, -0.2) is 0 Å². The lowest BCUT2D eigenvalue weighted by atomic mass is 9.94. The number of aryl methyl sites for hydroxylation is 2. The maximum atomic E-state index is 6.44. The summed E-state index contributed by atoms with van der Waals surface area (Å²) >= 11 is 0. The van der Waals surface area contributed by atoms with Gasteiger partial charge in [0.25, 0.3) is 0 Å². The van der Waals surface area contributed by atoms with Crippen molar-refractivity contribution in [1.82, 2.24) is 4.98 Å². The smallest absolute Gasteiger partial charge is 0.0471 e. The lowest BCUT2D eigenvalue weighted by molar-refractivity contribution is 0.708. The van der Waals surface area contributed by atoms with E-state index in [0.29, 0.717) is 0 Å². The first kappa shape index (κ1) is 13.1. The van der Waals surface area contributed by atoms with Crippen LogP contribution in [0.3, 0.4) is 0 Å². The third-order valence-electron chi connectivity index (χ3n) is 4.07. The summed E-state index contributed by atoms with van der Waals surface area (Å²) in [5, 5.41) is 0. The highest BCUT2D eigenvalue weighted by atomic mass is 14.7. The molecule has 0 radical (unpaired) electrons. The van der Waals surface area contributed by atoms with Crippen LogP contribution in [0.1, 0.15) is 62.5 Å². The first-order chi connectivity index (χ1) is 8.52. The molecular formula is C16H24N2. The van der Waals surface area contributed by atoms with E-state index in [2.05, 4.69) is 27.7 Å². The van der Waals surface area contributed by atoms with E-state index >= 15 is 0 Å². The molecule has 2 N–H and O–H groups in total. The normalized spacial score (nSPS) is 14.9. The van der Waals surface area contributed by atoms with Crippen LogP contribution in [0.15, 0.2) is 5.57 Å². The van der Waals surface area contributed by atoms with Crippen LogP contribution < -0.4 is 5.73 Å². The lowest BCUT2D eigenvalue weighted by Gasteiger charge is -2.17. The van der Waals surface area contributed by atoms with Crippen LogP contribution in [-0.2, 0) is 12.8 Å². The van der Waals surface area contributed by atoms with E-state index in [-0.39, 0.29) is 0 Å². The van der Waals surface area contributed by atoms with Crippen molar-refractivity contribution < 1.29 is 0 Å². The number of rotatable bonds is 1. The van der Waals surface area contributed by atoms with Crippen LogP contribution in [0.4, 0.5) is 5.69 Å². The van der Waals surface area contributed by atoms with E-state index in [9.17, 15) is 0 Å². The maximum Gasteiger partial charge on any atom is 0.0471 e. The molecule has 0 unspecified atom stereocenters. The summed E-state index contributed by atoms with van der Waals surface area (Å²) in [5.41, 5.74) is 14.8. The van der Waals surface area contributed by atoms with Crippen LogP contribution >= 0.6 is 0 Å². The molecule has 1 heterocycles. The molecule has 1 aromatic heterocycles. The van der Waals surface area contributed by atoms with Crippen molar-refractivity contribution >= 4 is 11.3 Å². The number of pyridine rings is 1. The molecule has 0 atom stereocenters. The van der Waals surface area contributed by atoms with Gasteiger partial charge in [0.05, 0.1) is 0 Å². The molecule has 2 heteroatoms. The van der Waals surface area contributed by atoms with Gasteiger partial charge in [-0.15, -0.1) is 0 Å². The molecule has 0 fully saturated rings. The van der Waals surface area contributed by atoms with Crippen molar-refractivity contribution in [1.29, 1.82) is 0 Å². The summed E-state index contributed by atoms with van der Waals surface area (Å²) in [6.07, 6.45) is 5.98. The zero-order valence-electron chi connectivity index (χ0n) is 12.1. The standard InChI is InChI=1S/C16H24N2/c1-10(2)11(3)15-12(4)18-14-9-7-5-6-8-13(14)16(15)17/h5-9H2,1-4H3,(H2,17,18). The predicted octanol–water partition coefficient (Wildman–Crippen LogP) is 4.05. The Morgan fingerprint density at radius 2 is 1.72 bits per heavy atom. The zero-order valence-corrected chi connectivity index (χ0v) is 12.1. The number of nitrogen functional groups attached to an aromatic ring is 1. The average Bonchev–Trinajstić information content (AvgIpc) is 2.54. The molecule has 1 aromatic rings. The van der Waals surface area contributed by atoms with Gasteiger partial charge in [0.1, 0.15) is 0 Å². The van der Waals surface area contributed by atoms with Crippen molar-refractivity contribution in [3.8, 4) is 0 Å². The number of nitrogens with zero attached hydrogens (tertiary/aromatic N) is 1. The topological polar surface area (TPSA) is 38.9 Å². The largest absolute Gasteiger partial charge is 0.398 e. The molecular weight excluding hydrogens is 220 g/mol. The minimum atomic E-state index is 0.984. The Labute approximate surface area is 110 Å². The molecule has 0 bridgehead atoms. The molecule has 0 aliphatic heterocycles. The van der Waals surface area contributed by atoms with E-state index in [1.54, 1.807) is 0 Å². The van der Waals surface area contributed by atoms with E-state index in [4.69, 9.17) is 10.7 Å². The number of nitrogens with two attached hydrogens (primary N) is 1. The summed E-state index contributed by atoms with van der Waals surface area (Å²) < 4.78 is 0. The fraction of sp³-hybridized carbons (Fsp3) is 0.562. The molecule has 18 heavy (non-hydrogen) atoms. The number of fused-ring (bicyclic) bond motifs is 1. The van der Waals surface area contributed by atoms with Crippen LogP contribution in [-0.4, -0.2) is 4.98 Å². The third kappa shape index (κ3) is 2.29. The first-order valence-electron chi connectivity index (χ1n) is 6.94. The molecule has 2 rings (SSSR count). The van der Waals surface area contributed by atoms with Crippen molar-refractivity contribution in [3.63, 3.8) is 0 Å². The predicted molar refractivity (Wildman–Crippen MR) is 78.6 cm³/mol. The first-order valence-corrected chi connectivity index (χ1v) is 6.94. The van der Waals surface area contributed by atoms with E-state index < -0.39 is 0 Å². The highest BCUT2D eigenvalue weighted by Gasteiger charge is 2.18. The van der Waals surface area contributed by atoms with Gasteiger partial charge in [0, 0.05) is 22.6 Å². The van der Waals surface area contributed by atoms with E-state index in [1.165, 1.54) is 47.2 Å². The second kappa shape index (κ2) is 5.13. The minimum absolute atomic E-state index is 0.984. The Morgan fingerprint density at radius 3 is 2.39 bits per heavy atom. The van der Waals surface area contributed by atoms with Crippen LogP contribution in [0.25, 0.3) is 5.57 Å². The molecule has 1 aliphatic rings. The molecule has 0 aromatic carbocycles. The Kier molecular flexibility index (Phi) is 3.74.